The molecule has 0 amide bonds. The van der Waals surface area contributed by atoms with Crippen molar-refractivity contribution in [3.05, 3.63) is 33.9 Å². The number of aryl methyl sites for hydroxylation is 1. The van der Waals surface area contributed by atoms with Crippen LogP contribution in [0.2, 0.25) is 0 Å². The van der Waals surface area contributed by atoms with E-state index in [1.54, 1.807) is 12.1 Å². The van der Waals surface area contributed by atoms with Crippen molar-refractivity contribution in [2.24, 2.45) is 0 Å². The van der Waals surface area contributed by atoms with Gasteiger partial charge in [-0.1, -0.05) is 0 Å². The van der Waals surface area contributed by atoms with E-state index in [-0.39, 0.29) is 10.6 Å². The van der Waals surface area contributed by atoms with Gasteiger partial charge in [0.1, 0.15) is 0 Å². The van der Waals surface area contributed by atoms with Crippen LogP contribution in [-0.4, -0.2) is 41.5 Å². The predicted octanol–water partition coefficient (Wildman–Crippen LogP) is 2.97. The molecule has 2 unspecified atom stereocenters. The Morgan fingerprint density at radius 2 is 2.10 bits per heavy atom. The van der Waals surface area contributed by atoms with Gasteiger partial charge in [-0.3, -0.25) is 15.0 Å². The van der Waals surface area contributed by atoms with Crippen molar-refractivity contribution in [2.45, 2.75) is 45.2 Å². The van der Waals surface area contributed by atoms with Gasteiger partial charge in [0, 0.05) is 43.0 Å². The standard InChI is InChI=1S/C16H23N3O2/c1-12-10-14(19(20)21)5-6-16(12)17-9-7-15(11-17)18-8-3-4-13(18)2/h5-6,10,13,15H,3-4,7-9,11H2,1-2H3. The molecule has 0 saturated carbocycles. The maximum Gasteiger partial charge on any atom is 0.269 e. The number of likely N-dealkylation sites (tertiary alicyclic amines) is 1. The molecular formula is C16H23N3O2. The highest BCUT2D eigenvalue weighted by atomic mass is 16.6. The molecule has 2 saturated heterocycles. The zero-order chi connectivity index (χ0) is 15.0. The largest absolute Gasteiger partial charge is 0.370 e. The van der Waals surface area contributed by atoms with Gasteiger partial charge in [-0.05, 0) is 51.3 Å². The lowest BCUT2D eigenvalue weighted by atomic mass is 10.1. The molecule has 2 aliphatic heterocycles. The van der Waals surface area contributed by atoms with Gasteiger partial charge in [0.2, 0.25) is 0 Å². The highest BCUT2D eigenvalue weighted by Crippen LogP contribution is 2.31. The maximum absolute atomic E-state index is 10.8. The Morgan fingerprint density at radius 1 is 1.29 bits per heavy atom. The second-order valence-corrected chi connectivity index (χ2v) is 6.35. The summed E-state index contributed by atoms with van der Waals surface area (Å²) in [5.41, 5.74) is 2.33. The first-order valence-electron chi connectivity index (χ1n) is 7.82. The molecule has 0 aromatic heterocycles. The topological polar surface area (TPSA) is 49.6 Å². The molecular weight excluding hydrogens is 266 g/mol. The summed E-state index contributed by atoms with van der Waals surface area (Å²) in [6.45, 7) is 7.61. The van der Waals surface area contributed by atoms with E-state index in [9.17, 15) is 10.1 Å². The lowest BCUT2D eigenvalue weighted by Gasteiger charge is -2.29. The number of hydrogen-bond donors (Lipinski definition) is 0. The summed E-state index contributed by atoms with van der Waals surface area (Å²) in [7, 11) is 0. The van der Waals surface area contributed by atoms with Crippen LogP contribution in [-0.2, 0) is 0 Å². The first-order chi connectivity index (χ1) is 10.1. The first kappa shape index (κ1) is 14.3. The van der Waals surface area contributed by atoms with Gasteiger partial charge in [0.25, 0.3) is 5.69 Å². The molecule has 1 aromatic rings. The van der Waals surface area contributed by atoms with Gasteiger partial charge in [0.15, 0.2) is 0 Å². The summed E-state index contributed by atoms with van der Waals surface area (Å²) >= 11 is 0. The third-order valence-corrected chi connectivity index (χ3v) is 4.97. The molecule has 5 heteroatoms. The van der Waals surface area contributed by atoms with Crippen LogP contribution in [0.5, 0.6) is 0 Å². The fourth-order valence-corrected chi connectivity index (χ4v) is 3.84. The van der Waals surface area contributed by atoms with Crippen molar-refractivity contribution >= 4 is 11.4 Å². The summed E-state index contributed by atoms with van der Waals surface area (Å²) in [5, 5.41) is 10.8. The molecule has 0 aliphatic carbocycles. The number of non-ortho nitro benzene ring substituents is 1. The summed E-state index contributed by atoms with van der Waals surface area (Å²) in [6.07, 6.45) is 3.82. The van der Waals surface area contributed by atoms with Crippen LogP contribution in [0, 0.1) is 17.0 Å². The molecule has 1 aromatic carbocycles. The smallest absolute Gasteiger partial charge is 0.269 e. The van der Waals surface area contributed by atoms with Crippen molar-refractivity contribution in [1.29, 1.82) is 0 Å². The lowest BCUT2D eigenvalue weighted by Crippen LogP contribution is -2.39. The number of benzene rings is 1. The molecule has 0 N–H and O–H groups in total. The average Bonchev–Trinajstić information content (AvgIpc) is 3.07. The fraction of sp³-hybridized carbons (Fsp3) is 0.625. The summed E-state index contributed by atoms with van der Waals surface area (Å²) in [6, 6.07) is 6.54. The maximum atomic E-state index is 10.8. The van der Waals surface area contributed by atoms with Crippen LogP contribution in [0.15, 0.2) is 18.2 Å². The number of nitro groups is 1. The highest BCUT2D eigenvalue weighted by Gasteiger charge is 2.33. The summed E-state index contributed by atoms with van der Waals surface area (Å²) in [5.74, 6) is 0. The fourth-order valence-electron chi connectivity index (χ4n) is 3.84. The van der Waals surface area contributed by atoms with Crippen molar-refractivity contribution < 1.29 is 4.92 Å². The molecule has 2 aliphatic rings. The molecule has 0 radical (unpaired) electrons. The predicted molar refractivity (Wildman–Crippen MR) is 83.9 cm³/mol. The van der Waals surface area contributed by atoms with Gasteiger partial charge in [0.05, 0.1) is 4.92 Å². The minimum absolute atomic E-state index is 0.181. The molecule has 2 heterocycles. The van der Waals surface area contributed by atoms with Gasteiger partial charge in [-0.15, -0.1) is 0 Å². The van der Waals surface area contributed by atoms with Gasteiger partial charge in [-0.2, -0.15) is 0 Å². The molecule has 3 rings (SSSR count). The molecule has 0 spiro atoms. The number of anilines is 1. The minimum Gasteiger partial charge on any atom is -0.370 e. The van der Waals surface area contributed by atoms with Crippen LogP contribution in [0.3, 0.4) is 0 Å². The van der Waals surface area contributed by atoms with E-state index in [0.717, 1.165) is 24.3 Å². The monoisotopic (exact) mass is 289 g/mol. The Hall–Kier alpha value is -1.62. The number of rotatable bonds is 3. The minimum atomic E-state index is -0.324. The van der Waals surface area contributed by atoms with E-state index in [4.69, 9.17) is 0 Å². The zero-order valence-electron chi connectivity index (χ0n) is 12.8. The number of hydrogen-bond acceptors (Lipinski definition) is 4. The quantitative estimate of drug-likeness (QED) is 0.634. The zero-order valence-corrected chi connectivity index (χ0v) is 12.8. The molecule has 0 bridgehead atoms. The van der Waals surface area contributed by atoms with Crippen molar-refractivity contribution in [3.63, 3.8) is 0 Å². The van der Waals surface area contributed by atoms with Crippen molar-refractivity contribution in [3.8, 4) is 0 Å². The summed E-state index contributed by atoms with van der Waals surface area (Å²) in [4.78, 5) is 15.5. The van der Waals surface area contributed by atoms with E-state index < -0.39 is 0 Å². The van der Waals surface area contributed by atoms with E-state index in [1.165, 1.54) is 25.8 Å². The Kier molecular flexibility index (Phi) is 3.85. The van der Waals surface area contributed by atoms with E-state index >= 15 is 0 Å². The van der Waals surface area contributed by atoms with Crippen LogP contribution >= 0.6 is 0 Å². The molecule has 2 fully saturated rings. The molecule has 5 nitrogen and oxygen atoms in total. The first-order valence-corrected chi connectivity index (χ1v) is 7.82. The number of nitrogens with zero attached hydrogens (tertiary/aromatic N) is 3. The van der Waals surface area contributed by atoms with Crippen LogP contribution in [0.4, 0.5) is 11.4 Å². The third-order valence-electron chi connectivity index (χ3n) is 4.97. The SMILES string of the molecule is Cc1cc([N+](=O)[O-])ccc1N1CCC(N2CCCC2C)C1. The van der Waals surface area contributed by atoms with Crippen LogP contribution < -0.4 is 4.90 Å². The van der Waals surface area contributed by atoms with Crippen LogP contribution in [0.1, 0.15) is 31.7 Å². The van der Waals surface area contributed by atoms with E-state index in [1.807, 2.05) is 13.0 Å². The number of nitro benzene ring substituents is 1. The summed E-state index contributed by atoms with van der Waals surface area (Å²) < 4.78 is 0. The van der Waals surface area contributed by atoms with Crippen molar-refractivity contribution in [1.82, 2.24) is 4.90 Å². The Bertz CT molecular complexity index is 546. The Labute approximate surface area is 125 Å². The molecule has 114 valence electrons. The van der Waals surface area contributed by atoms with Gasteiger partial charge < -0.3 is 4.90 Å². The van der Waals surface area contributed by atoms with Gasteiger partial charge in [-0.25, -0.2) is 0 Å². The average molecular weight is 289 g/mol. The normalized spacial score (nSPS) is 26.5. The van der Waals surface area contributed by atoms with Crippen molar-refractivity contribution in [2.75, 3.05) is 24.5 Å². The second kappa shape index (κ2) is 5.64. The van der Waals surface area contributed by atoms with E-state index in [0.29, 0.717) is 12.1 Å². The molecule has 2 atom stereocenters. The van der Waals surface area contributed by atoms with Crippen LogP contribution in [0.25, 0.3) is 0 Å². The third kappa shape index (κ3) is 2.75. The highest BCUT2D eigenvalue weighted by molar-refractivity contribution is 5.58. The second-order valence-electron chi connectivity index (χ2n) is 6.35. The van der Waals surface area contributed by atoms with E-state index in [2.05, 4.69) is 16.7 Å². The lowest BCUT2D eigenvalue weighted by molar-refractivity contribution is -0.384. The Morgan fingerprint density at radius 3 is 2.71 bits per heavy atom. The molecule has 21 heavy (non-hydrogen) atoms. The Balaban J connectivity index is 1.72. The van der Waals surface area contributed by atoms with Gasteiger partial charge >= 0.3 is 0 Å².